The van der Waals surface area contributed by atoms with E-state index in [9.17, 15) is 40.9 Å². The van der Waals surface area contributed by atoms with Crippen LogP contribution in [0.1, 0.15) is 145 Å². The molecule has 0 spiro atoms. The Kier molecular flexibility index (Phi) is 9.38. The van der Waals surface area contributed by atoms with Crippen LogP contribution in [-0.2, 0) is 12.8 Å². The highest BCUT2D eigenvalue weighted by molar-refractivity contribution is 5.54. The number of phenolic OH excluding ortho intramolecular Hbond substituents is 8. The number of aromatic hydroxyl groups is 8. The summed E-state index contributed by atoms with van der Waals surface area (Å²) in [6, 6.07) is 13.1. The van der Waals surface area contributed by atoms with Crippen molar-refractivity contribution in [3.05, 3.63) is 93.0 Å². The maximum atomic E-state index is 11.0. The number of phenols is 8. The summed E-state index contributed by atoms with van der Waals surface area (Å²) < 4.78 is 0. The molecule has 6 aliphatic carbocycles. The molecule has 2 saturated carbocycles. The fraction of sp³-hybridized carbons (Fsp3) is 0.429. The average molecular weight is 681 g/mol. The van der Waals surface area contributed by atoms with E-state index < -0.39 is 0 Å². The highest BCUT2D eigenvalue weighted by atomic mass is 16.3. The maximum Gasteiger partial charge on any atom is 0.122 e. The predicted octanol–water partition coefficient (Wildman–Crippen LogP) is 9.27. The molecule has 4 aromatic rings. The van der Waals surface area contributed by atoms with E-state index in [0.29, 0.717) is 22.3 Å². The van der Waals surface area contributed by atoms with Gasteiger partial charge in [0, 0.05) is 37.1 Å². The van der Waals surface area contributed by atoms with Crippen molar-refractivity contribution in [2.45, 2.75) is 114 Å². The third kappa shape index (κ3) is 6.72. The molecular weight excluding hydrogens is 632 g/mol. The first-order chi connectivity index (χ1) is 24.0. The minimum absolute atomic E-state index is 0.0381. The minimum atomic E-state index is -0.0381. The fourth-order valence-electron chi connectivity index (χ4n) is 9.11. The van der Waals surface area contributed by atoms with Gasteiger partial charge in [0.05, 0.1) is 0 Å². The van der Waals surface area contributed by atoms with Gasteiger partial charge in [0.1, 0.15) is 46.0 Å². The normalized spacial score (nSPS) is 22.7. The van der Waals surface area contributed by atoms with Crippen molar-refractivity contribution < 1.29 is 40.9 Å². The number of hydrogen-bond acceptors (Lipinski definition) is 8. The van der Waals surface area contributed by atoms with E-state index in [4.69, 9.17) is 0 Å². The molecule has 8 heteroatoms. The lowest BCUT2D eigenvalue weighted by atomic mass is 9.78. The standard InChI is InChI=1S/C42H48O8/c43-35-19-39(47)31-15-27(35)13-29-17-33(41(49)21-37(29)45)25-9-3-10-26(12-4-11-25)34-18-30(38(46)22-42(34)50)14-28-16-32(40(48)20-36(28)44)24-6-1-5-23(31)7-2-8-24/h15-26,43-50H,1-14H2/t23-,24+,25-,26+. The van der Waals surface area contributed by atoms with Crippen LogP contribution in [0, 0.1) is 0 Å². The van der Waals surface area contributed by atoms with Crippen LogP contribution < -0.4 is 0 Å². The van der Waals surface area contributed by atoms with E-state index in [0.717, 1.165) is 99.3 Å². The van der Waals surface area contributed by atoms with Gasteiger partial charge in [-0.15, -0.1) is 0 Å². The lowest BCUT2D eigenvalue weighted by molar-refractivity contribution is 0.388. The molecule has 0 amide bonds. The Labute approximate surface area is 293 Å². The van der Waals surface area contributed by atoms with Gasteiger partial charge in [0.2, 0.25) is 0 Å². The van der Waals surface area contributed by atoms with Crippen molar-refractivity contribution >= 4 is 0 Å². The lowest BCUT2D eigenvalue weighted by Gasteiger charge is -2.28. The highest BCUT2D eigenvalue weighted by Crippen LogP contribution is 2.47. The number of hydrogen-bond donors (Lipinski definition) is 8. The first kappa shape index (κ1) is 33.8. The third-order valence-corrected chi connectivity index (χ3v) is 11.9. The topological polar surface area (TPSA) is 162 Å². The molecule has 0 atom stereocenters. The first-order valence-corrected chi connectivity index (χ1v) is 18.2. The fourth-order valence-corrected chi connectivity index (χ4v) is 9.11. The summed E-state index contributed by atoms with van der Waals surface area (Å²) in [5, 5.41) is 87.7. The van der Waals surface area contributed by atoms with Crippen LogP contribution in [0.2, 0.25) is 0 Å². The Balaban J connectivity index is 1.30. The van der Waals surface area contributed by atoms with Crippen molar-refractivity contribution in [3.63, 3.8) is 0 Å². The van der Waals surface area contributed by atoms with Crippen LogP contribution in [0.3, 0.4) is 0 Å². The van der Waals surface area contributed by atoms with E-state index >= 15 is 0 Å². The molecule has 2 fully saturated rings. The average Bonchev–Trinajstić information content (AvgIpc) is 3.03. The van der Waals surface area contributed by atoms with Crippen LogP contribution in [-0.4, -0.2) is 40.9 Å². The van der Waals surface area contributed by atoms with Gasteiger partial charge in [-0.05, 0) is 144 Å². The molecule has 12 bridgehead atoms. The zero-order valence-corrected chi connectivity index (χ0v) is 28.4. The van der Waals surface area contributed by atoms with Gasteiger partial charge in [-0.25, -0.2) is 0 Å². The molecule has 0 aromatic heterocycles. The number of rotatable bonds is 0. The van der Waals surface area contributed by atoms with E-state index in [1.165, 1.54) is 24.3 Å². The SMILES string of the molecule is Oc1cc(O)c2cc1Cc1cc(c(O)cc1O)[C@H]1CCC[C@H](CCC1)c1cc(c(O)cc1O)Cc1cc(c(O)cc1O)[C@H]1CCC[C@@H]2CCC1. The summed E-state index contributed by atoms with van der Waals surface area (Å²) in [5.74, 6) is 0.344. The molecule has 50 heavy (non-hydrogen) atoms. The molecule has 0 unspecified atom stereocenters. The van der Waals surface area contributed by atoms with Crippen LogP contribution >= 0.6 is 0 Å². The van der Waals surface area contributed by atoms with Crippen molar-refractivity contribution in [3.8, 4) is 46.0 Å². The van der Waals surface area contributed by atoms with Gasteiger partial charge in [0.15, 0.2) is 0 Å². The van der Waals surface area contributed by atoms with Crippen molar-refractivity contribution in [2.75, 3.05) is 0 Å². The Morgan fingerprint density at radius 3 is 0.680 bits per heavy atom. The summed E-state index contributed by atoms with van der Waals surface area (Å²) in [5.41, 5.74) is 5.54. The van der Waals surface area contributed by atoms with E-state index in [1.807, 2.05) is 24.3 Å². The zero-order valence-electron chi connectivity index (χ0n) is 28.4. The largest absolute Gasteiger partial charge is 0.508 e. The summed E-state index contributed by atoms with van der Waals surface area (Å²) in [7, 11) is 0. The maximum absolute atomic E-state index is 11.0. The molecular formula is C42H48O8. The molecule has 0 aliphatic heterocycles. The van der Waals surface area contributed by atoms with Gasteiger partial charge in [-0.3, -0.25) is 0 Å². The molecule has 0 heterocycles. The van der Waals surface area contributed by atoms with Gasteiger partial charge < -0.3 is 40.9 Å². The second-order valence-electron chi connectivity index (χ2n) is 15.0. The van der Waals surface area contributed by atoms with E-state index in [-0.39, 0.29) is 82.5 Å². The van der Waals surface area contributed by atoms with Crippen LogP contribution in [0.25, 0.3) is 0 Å². The monoisotopic (exact) mass is 680 g/mol. The first-order valence-electron chi connectivity index (χ1n) is 18.2. The lowest BCUT2D eigenvalue weighted by Crippen LogP contribution is -2.10. The molecule has 0 radical (unpaired) electrons. The smallest absolute Gasteiger partial charge is 0.122 e. The quantitative estimate of drug-likeness (QED) is 0.0911. The Hall–Kier alpha value is -4.72. The molecule has 264 valence electrons. The molecule has 4 aromatic carbocycles. The highest BCUT2D eigenvalue weighted by Gasteiger charge is 2.28. The zero-order chi connectivity index (χ0) is 35.1. The Morgan fingerprint density at radius 2 is 0.480 bits per heavy atom. The Morgan fingerprint density at radius 1 is 0.280 bits per heavy atom. The summed E-state index contributed by atoms with van der Waals surface area (Å²) in [4.78, 5) is 0. The van der Waals surface area contributed by atoms with Crippen molar-refractivity contribution in [2.24, 2.45) is 0 Å². The number of benzene rings is 4. The molecule has 0 saturated heterocycles. The van der Waals surface area contributed by atoms with Crippen LogP contribution in [0.15, 0.2) is 48.5 Å². The Bertz CT molecular complexity index is 1610. The molecule has 8 nitrogen and oxygen atoms in total. The van der Waals surface area contributed by atoms with Gasteiger partial charge in [-0.1, -0.05) is 25.7 Å². The summed E-state index contributed by atoms with van der Waals surface area (Å²) >= 11 is 0. The van der Waals surface area contributed by atoms with Gasteiger partial charge in [-0.2, -0.15) is 0 Å². The van der Waals surface area contributed by atoms with Crippen LogP contribution in [0.5, 0.6) is 46.0 Å². The second kappa shape index (κ2) is 13.9. The van der Waals surface area contributed by atoms with E-state index in [1.54, 1.807) is 0 Å². The summed E-state index contributed by atoms with van der Waals surface area (Å²) in [6.45, 7) is 0. The third-order valence-electron chi connectivity index (χ3n) is 11.9. The van der Waals surface area contributed by atoms with Crippen molar-refractivity contribution in [1.82, 2.24) is 0 Å². The summed E-state index contributed by atoms with van der Waals surface area (Å²) in [6.07, 6.45) is 10.3. The molecule has 10 rings (SSSR count). The molecule has 6 aliphatic rings. The van der Waals surface area contributed by atoms with Crippen molar-refractivity contribution in [1.29, 1.82) is 0 Å². The predicted molar refractivity (Wildman–Crippen MR) is 191 cm³/mol. The molecule has 8 N–H and O–H groups in total. The van der Waals surface area contributed by atoms with E-state index in [2.05, 4.69) is 0 Å². The van der Waals surface area contributed by atoms with Gasteiger partial charge >= 0.3 is 0 Å². The second-order valence-corrected chi connectivity index (χ2v) is 15.0. The minimum Gasteiger partial charge on any atom is -0.508 e. The van der Waals surface area contributed by atoms with Crippen LogP contribution in [0.4, 0.5) is 0 Å². The van der Waals surface area contributed by atoms with Gasteiger partial charge in [0.25, 0.3) is 0 Å².